The molecule has 1 rings (SSSR count). The topological polar surface area (TPSA) is 56.7 Å². The molecule has 1 aromatic rings. The fraction of sp³-hybridized carbons (Fsp3) is 0.556. The van der Waals surface area contributed by atoms with Crippen LogP contribution in [0.25, 0.3) is 0 Å². The number of hydrogen-bond donors (Lipinski definition) is 2. The van der Waals surface area contributed by atoms with Crippen LogP contribution >= 0.6 is 35.7 Å². The molecule has 2 N–H and O–H groups in total. The van der Waals surface area contributed by atoms with E-state index in [4.69, 9.17) is 0 Å². The van der Waals surface area contributed by atoms with Crippen molar-refractivity contribution < 1.29 is 4.79 Å². The molecule has 0 saturated carbocycles. The van der Waals surface area contributed by atoms with Gasteiger partial charge in [-0.3, -0.25) is 4.79 Å². The first-order valence-electron chi connectivity index (χ1n) is 8.33. The quantitative estimate of drug-likeness (QED) is 0.248. The van der Waals surface area contributed by atoms with Crippen molar-refractivity contribution in [2.45, 2.75) is 25.8 Å². The second-order valence-electron chi connectivity index (χ2n) is 5.86. The number of carbonyl (C=O) groups is 1. The molecular weight excluding hydrogens is 447 g/mol. The molecule has 0 aliphatic carbocycles. The number of rotatable bonds is 9. The minimum atomic E-state index is -0.00847. The molecular formula is C18H31IN4OS. The number of amides is 1. The largest absolute Gasteiger partial charge is 0.356 e. The molecule has 0 aromatic heterocycles. The molecule has 0 spiro atoms. The third kappa shape index (κ3) is 10.6. The van der Waals surface area contributed by atoms with Crippen molar-refractivity contribution >= 4 is 47.6 Å². The third-order valence-corrected chi connectivity index (χ3v) is 4.29. The number of unbranched alkanes of at least 4 members (excludes halogenated alkanes) is 1. The molecule has 1 aromatic carbocycles. The lowest BCUT2D eigenvalue weighted by Crippen LogP contribution is -2.40. The number of halogens is 1. The Morgan fingerprint density at radius 2 is 1.92 bits per heavy atom. The van der Waals surface area contributed by atoms with Crippen LogP contribution in [0.1, 0.15) is 31.4 Å². The fourth-order valence-electron chi connectivity index (χ4n) is 2.05. The van der Waals surface area contributed by atoms with Gasteiger partial charge in [-0.25, -0.2) is 4.99 Å². The third-order valence-electron chi connectivity index (χ3n) is 3.59. The number of hydrogen-bond acceptors (Lipinski definition) is 3. The van der Waals surface area contributed by atoms with Gasteiger partial charge < -0.3 is 15.5 Å². The molecule has 0 aliphatic heterocycles. The summed E-state index contributed by atoms with van der Waals surface area (Å²) in [6.45, 7) is 3.09. The van der Waals surface area contributed by atoms with Crippen LogP contribution in [0.15, 0.2) is 35.3 Å². The van der Waals surface area contributed by atoms with Crippen molar-refractivity contribution in [1.29, 1.82) is 0 Å². The molecule has 1 atom stereocenters. The van der Waals surface area contributed by atoms with E-state index in [1.165, 1.54) is 17.7 Å². The number of carbonyl (C=O) groups excluding carboxylic acids is 1. The van der Waals surface area contributed by atoms with Crippen LogP contribution in [0, 0.1) is 0 Å². The number of guanidine groups is 1. The van der Waals surface area contributed by atoms with Gasteiger partial charge in [-0.15, -0.1) is 24.0 Å². The predicted octanol–water partition coefficient (Wildman–Crippen LogP) is 3.13. The Kier molecular flexibility index (Phi) is 13.7. The summed E-state index contributed by atoms with van der Waals surface area (Å²) in [5.74, 6) is 1.85. The molecule has 0 radical (unpaired) electrons. The van der Waals surface area contributed by atoms with Crippen LogP contribution in [0.3, 0.4) is 0 Å². The Morgan fingerprint density at radius 1 is 1.24 bits per heavy atom. The number of thioether (sulfide) groups is 1. The van der Waals surface area contributed by atoms with Crippen molar-refractivity contribution in [1.82, 2.24) is 15.5 Å². The molecule has 25 heavy (non-hydrogen) atoms. The molecule has 0 saturated heterocycles. The molecule has 0 fully saturated rings. The van der Waals surface area contributed by atoms with E-state index in [9.17, 15) is 4.79 Å². The second kappa shape index (κ2) is 14.2. The summed E-state index contributed by atoms with van der Waals surface area (Å²) >= 11 is 1.86. The van der Waals surface area contributed by atoms with Crippen molar-refractivity contribution in [3.8, 4) is 0 Å². The van der Waals surface area contributed by atoms with Crippen molar-refractivity contribution in [3.63, 3.8) is 0 Å². The van der Waals surface area contributed by atoms with E-state index in [1.807, 2.05) is 30.0 Å². The van der Waals surface area contributed by atoms with E-state index in [1.54, 1.807) is 19.0 Å². The minimum absolute atomic E-state index is 0. The number of aliphatic imine (C=N–C) groups is 1. The highest BCUT2D eigenvalue weighted by atomic mass is 127. The van der Waals surface area contributed by atoms with Gasteiger partial charge >= 0.3 is 0 Å². The summed E-state index contributed by atoms with van der Waals surface area (Å²) in [5, 5.41) is 6.71. The van der Waals surface area contributed by atoms with Gasteiger partial charge in [0.05, 0.1) is 6.04 Å². The van der Waals surface area contributed by atoms with Gasteiger partial charge in [0.25, 0.3) is 0 Å². The van der Waals surface area contributed by atoms with Crippen LogP contribution in [0.2, 0.25) is 0 Å². The first-order chi connectivity index (χ1) is 11.5. The van der Waals surface area contributed by atoms with Crippen LogP contribution in [-0.4, -0.2) is 56.0 Å². The molecule has 0 heterocycles. The normalized spacial score (nSPS) is 12.1. The monoisotopic (exact) mass is 478 g/mol. The molecule has 1 amide bonds. The highest BCUT2D eigenvalue weighted by molar-refractivity contribution is 14.0. The van der Waals surface area contributed by atoms with Gasteiger partial charge in [-0.1, -0.05) is 30.3 Å². The summed E-state index contributed by atoms with van der Waals surface area (Å²) in [7, 11) is 3.49. The van der Waals surface area contributed by atoms with E-state index in [0.29, 0.717) is 5.96 Å². The van der Waals surface area contributed by atoms with Gasteiger partial charge in [-0.2, -0.15) is 11.8 Å². The molecule has 1 unspecified atom stereocenters. The molecule has 5 nitrogen and oxygen atoms in total. The maximum absolute atomic E-state index is 11.8. The Bertz CT molecular complexity index is 511. The molecule has 0 aliphatic rings. The van der Waals surface area contributed by atoms with Crippen molar-refractivity contribution in [2.75, 3.05) is 39.2 Å². The van der Waals surface area contributed by atoms with Crippen LogP contribution in [0.4, 0.5) is 0 Å². The van der Waals surface area contributed by atoms with Crippen molar-refractivity contribution in [3.05, 3.63) is 35.9 Å². The zero-order valence-electron chi connectivity index (χ0n) is 15.6. The van der Waals surface area contributed by atoms with Crippen molar-refractivity contribution in [2.24, 2.45) is 4.99 Å². The molecule has 0 bridgehead atoms. The number of likely N-dealkylation sites (N-methyl/N-ethyl adjacent to an activating group) is 1. The Labute approximate surface area is 173 Å². The average Bonchev–Trinajstić information content (AvgIpc) is 2.59. The summed E-state index contributed by atoms with van der Waals surface area (Å²) in [6.07, 6.45) is 4.38. The molecule has 7 heteroatoms. The Hall–Kier alpha value is -0.960. The predicted molar refractivity (Wildman–Crippen MR) is 120 cm³/mol. The number of nitrogens with zero attached hydrogens (tertiary/aromatic N) is 2. The van der Waals surface area contributed by atoms with Crippen LogP contribution in [0.5, 0.6) is 0 Å². The van der Waals surface area contributed by atoms with E-state index in [-0.39, 0.29) is 42.5 Å². The summed E-state index contributed by atoms with van der Waals surface area (Å²) in [6, 6.07) is 10.3. The smallest absolute Gasteiger partial charge is 0.243 e. The van der Waals surface area contributed by atoms with Gasteiger partial charge in [0.15, 0.2) is 5.96 Å². The lowest BCUT2D eigenvalue weighted by molar-refractivity contribution is -0.127. The van der Waals surface area contributed by atoms with Gasteiger partial charge in [-0.05, 0) is 37.3 Å². The van der Waals surface area contributed by atoms with E-state index in [2.05, 4.69) is 40.9 Å². The first-order valence-corrected chi connectivity index (χ1v) is 9.73. The number of nitrogens with one attached hydrogen (secondary N) is 2. The summed E-state index contributed by atoms with van der Waals surface area (Å²) in [5.41, 5.74) is 1.19. The van der Waals surface area contributed by atoms with E-state index in [0.717, 1.165) is 13.0 Å². The number of benzene rings is 1. The highest BCUT2D eigenvalue weighted by Crippen LogP contribution is 2.10. The maximum atomic E-state index is 11.8. The first kappa shape index (κ1) is 24.0. The van der Waals surface area contributed by atoms with Gasteiger partial charge in [0.1, 0.15) is 6.54 Å². The zero-order valence-corrected chi connectivity index (χ0v) is 18.8. The lowest BCUT2D eigenvalue weighted by Gasteiger charge is -2.19. The van der Waals surface area contributed by atoms with E-state index < -0.39 is 0 Å². The van der Waals surface area contributed by atoms with Crippen LogP contribution < -0.4 is 10.6 Å². The summed E-state index contributed by atoms with van der Waals surface area (Å²) in [4.78, 5) is 17.8. The zero-order chi connectivity index (χ0) is 17.8. The standard InChI is InChI=1S/C18H30N4OS.HI/c1-15(16-10-6-5-7-11-16)21-18(19-12-8-9-13-24-4)20-14-17(23)22(2)3;/h5-7,10-11,15H,8-9,12-14H2,1-4H3,(H2,19,20,21);1H. The van der Waals surface area contributed by atoms with Gasteiger partial charge in [0, 0.05) is 20.6 Å². The fourth-order valence-corrected chi connectivity index (χ4v) is 2.54. The van der Waals surface area contributed by atoms with Gasteiger partial charge in [0.2, 0.25) is 5.91 Å². The van der Waals surface area contributed by atoms with E-state index >= 15 is 0 Å². The Balaban J connectivity index is 0.00000576. The molecule has 142 valence electrons. The average molecular weight is 478 g/mol. The highest BCUT2D eigenvalue weighted by Gasteiger charge is 2.09. The Morgan fingerprint density at radius 3 is 2.52 bits per heavy atom. The summed E-state index contributed by atoms with van der Waals surface area (Å²) < 4.78 is 0. The minimum Gasteiger partial charge on any atom is -0.356 e. The second-order valence-corrected chi connectivity index (χ2v) is 6.84. The lowest BCUT2D eigenvalue weighted by atomic mass is 10.1. The van der Waals surface area contributed by atoms with Crippen LogP contribution in [-0.2, 0) is 4.79 Å². The maximum Gasteiger partial charge on any atom is 0.243 e. The SMILES string of the molecule is CSCCCCNC(=NCC(=O)N(C)C)NC(C)c1ccccc1.I.